The molecule has 0 bridgehead atoms. The molecule has 2 aliphatic rings. The Bertz CT molecular complexity index is 596. The lowest BCUT2D eigenvalue weighted by molar-refractivity contribution is 0.217. The number of nitrogens with one attached hydrogen (secondary N) is 1. The van der Waals surface area contributed by atoms with Gasteiger partial charge in [-0.1, -0.05) is 24.3 Å². The van der Waals surface area contributed by atoms with Crippen LogP contribution in [0.5, 0.6) is 0 Å². The summed E-state index contributed by atoms with van der Waals surface area (Å²) >= 11 is 0. The number of benzene rings is 1. The minimum atomic E-state index is -2.83. The monoisotopic (exact) mass is 308 g/mol. The predicted molar refractivity (Wildman–Crippen MR) is 84.8 cm³/mol. The molecular weight excluding hydrogens is 284 g/mol. The maximum atomic E-state index is 11.7. The smallest absolute Gasteiger partial charge is 0.153 e. The number of rotatable bonds is 5. The molecule has 1 N–H and O–H groups in total. The zero-order chi connectivity index (χ0) is 14.9. The highest BCUT2D eigenvalue weighted by Crippen LogP contribution is 2.21. The molecule has 1 aliphatic heterocycles. The van der Waals surface area contributed by atoms with E-state index < -0.39 is 9.84 Å². The molecule has 1 saturated carbocycles. The largest absolute Gasteiger partial charge is 0.310 e. The summed E-state index contributed by atoms with van der Waals surface area (Å²) in [5, 5.41) is 3.56. The van der Waals surface area contributed by atoms with Crippen LogP contribution in [0.1, 0.15) is 30.9 Å². The van der Waals surface area contributed by atoms with Crippen LogP contribution in [0.3, 0.4) is 0 Å². The topological polar surface area (TPSA) is 49.4 Å². The van der Waals surface area contributed by atoms with Crippen molar-refractivity contribution in [2.45, 2.75) is 44.9 Å². The molecule has 1 aliphatic carbocycles. The minimum absolute atomic E-state index is 0.105. The average Bonchev–Trinajstić information content (AvgIpc) is 3.24. The van der Waals surface area contributed by atoms with Crippen molar-refractivity contribution in [3.05, 3.63) is 35.4 Å². The van der Waals surface area contributed by atoms with E-state index in [4.69, 9.17) is 0 Å². The zero-order valence-electron chi connectivity index (χ0n) is 12.6. The molecule has 0 amide bonds. The molecule has 4 nitrogen and oxygen atoms in total. The van der Waals surface area contributed by atoms with Crippen LogP contribution in [0, 0.1) is 0 Å². The standard InChI is InChI=1S/C16H24N2O2S/c1-13-12-21(19,20)9-8-18(13)11-15-5-3-2-4-14(15)10-17-16-6-7-16/h2-5,13,16-17H,6-12H2,1H3. The molecule has 2 fully saturated rings. The minimum Gasteiger partial charge on any atom is -0.310 e. The summed E-state index contributed by atoms with van der Waals surface area (Å²) in [6.45, 7) is 4.43. The molecule has 1 heterocycles. The summed E-state index contributed by atoms with van der Waals surface area (Å²) in [5.41, 5.74) is 2.65. The van der Waals surface area contributed by atoms with Gasteiger partial charge in [-0.05, 0) is 30.9 Å². The second kappa shape index (κ2) is 6.07. The second-order valence-corrected chi connectivity index (χ2v) is 8.59. The summed E-state index contributed by atoms with van der Waals surface area (Å²) in [7, 11) is -2.83. The Labute approximate surface area is 127 Å². The Morgan fingerprint density at radius 1 is 1.24 bits per heavy atom. The third-order valence-electron chi connectivity index (χ3n) is 4.46. The molecule has 21 heavy (non-hydrogen) atoms. The fourth-order valence-electron chi connectivity index (χ4n) is 2.91. The van der Waals surface area contributed by atoms with Gasteiger partial charge in [0.25, 0.3) is 0 Å². The fraction of sp³-hybridized carbons (Fsp3) is 0.625. The Kier molecular flexibility index (Phi) is 4.33. The first kappa shape index (κ1) is 15.0. The lowest BCUT2D eigenvalue weighted by Gasteiger charge is -2.33. The summed E-state index contributed by atoms with van der Waals surface area (Å²) < 4.78 is 23.3. The van der Waals surface area contributed by atoms with E-state index >= 15 is 0 Å². The van der Waals surface area contributed by atoms with Gasteiger partial charge in [-0.3, -0.25) is 4.90 Å². The van der Waals surface area contributed by atoms with Gasteiger partial charge in [0.1, 0.15) is 0 Å². The highest BCUT2D eigenvalue weighted by molar-refractivity contribution is 7.91. The van der Waals surface area contributed by atoms with E-state index in [0.29, 0.717) is 18.3 Å². The van der Waals surface area contributed by atoms with Gasteiger partial charge in [0, 0.05) is 31.7 Å². The van der Waals surface area contributed by atoms with Crippen LogP contribution in [0.2, 0.25) is 0 Å². The lowest BCUT2D eigenvalue weighted by atomic mass is 10.1. The van der Waals surface area contributed by atoms with Crippen LogP contribution in [0.25, 0.3) is 0 Å². The van der Waals surface area contributed by atoms with Gasteiger partial charge < -0.3 is 5.32 Å². The van der Waals surface area contributed by atoms with Crippen LogP contribution in [-0.2, 0) is 22.9 Å². The number of sulfone groups is 1. The maximum absolute atomic E-state index is 11.7. The van der Waals surface area contributed by atoms with Crippen molar-refractivity contribution in [3.63, 3.8) is 0 Å². The van der Waals surface area contributed by atoms with Crippen LogP contribution in [0.15, 0.2) is 24.3 Å². The lowest BCUT2D eigenvalue weighted by Crippen LogP contribution is -2.46. The molecule has 1 atom stereocenters. The van der Waals surface area contributed by atoms with Crippen molar-refractivity contribution in [1.82, 2.24) is 10.2 Å². The van der Waals surface area contributed by atoms with Gasteiger partial charge in [0.2, 0.25) is 0 Å². The molecule has 0 radical (unpaired) electrons. The van der Waals surface area contributed by atoms with E-state index in [1.807, 2.05) is 6.92 Å². The molecular formula is C16H24N2O2S. The molecule has 1 aromatic carbocycles. The van der Waals surface area contributed by atoms with Crippen LogP contribution in [0.4, 0.5) is 0 Å². The first-order valence-electron chi connectivity index (χ1n) is 7.78. The van der Waals surface area contributed by atoms with Crippen LogP contribution < -0.4 is 5.32 Å². The van der Waals surface area contributed by atoms with Crippen molar-refractivity contribution in [1.29, 1.82) is 0 Å². The SMILES string of the molecule is CC1CS(=O)(=O)CCN1Cc1ccccc1CNC1CC1. The highest BCUT2D eigenvalue weighted by atomic mass is 32.2. The second-order valence-electron chi connectivity index (χ2n) is 6.36. The first-order valence-corrected chi connectivity index (χ1v) is 9.60. The third-order valence-corrected chi connectivity index (χ3v) is 6.25. The van der Waals surface area contributed by atoms with E-state index in [2.05, 4.69) is 34.5 Å². The number of nitrogens with zero attached hydrogens (tertiary/aromatic N) is 1. The predicted octanol–water partition coefficient (Wildman–Crippen LogP) is 1.56. The molecule has 1 saturated heterocycles. The van der Waals surface area contributed by atoms with Gasteiger partial charge >= 0.3 is 0 Å². The van der Waals surface area contributed by atoms with Crippen molar-refractivity contribution in [2.75, 3.05) is 18.1 Å². The summed E-state index contributed by atoms with van der Waals surface area (Å²) in [4.78, 5) is 2.29. The quantitative estimate of drug-likeness (QED) is 0.897. The van der Waals surface area contributed by atoms with E-state index in [1.165, 1.54) is 24.0 Å². The Morgan fingerprint density at radius 2 is 1.95 bits per heavy atom. The van der Waals surface area contributed by atoms with Crippen molar-refractivity contribution in [2.24, 2.45) is 0 Å². The Balaban J connectivity index is 1.66. The molecule has 116 valence electrons. The summed E-state index contributed by atoms with van der Waals surface area (Å²) in [6, 6.07) is 9.31. The molecule has 0 aromatic heterocycles. The maximum Gasteiger partial charge on any atom is 0.153 e. The molecule has 1 unspecified atom stereocenters. The molecule has 5 heteroatoms. The van der Waals surface area contributed by atoms with E-state index in [1.54, 1.807) is 0 Å². The average molecular weight is 308 g/mol. The van der Waals surface area contributed by atoms with Crippen molar-refractivity contribution < 1.29 is 8.42 Å². The Morgan fingerprint density at radius 3 is 2.62 bits per heavy atom. The fourth-order valence-corrected chi connectivity index (χ4v) is 4.54. The molecule has 0 spiro atoms. The third kappa shape index (κ3) is 4.05. The van der Waals surface area contributed by atoms with Gasteiger partial charge in [-0.2, -0.15) is 0 Å². The highest BCUT2D eigenvalue weighted by Gasteiger charge is 2.28. The first-order chi connectivity index (χ1) is 10.0. The van der Waals surface area contributed by atoms with E-state index in [0.717, 1.165) is 13.1 Å². The van der Waals surface area contributed by atoms with Gasteiger partial charge in [-0.15, -0.1) is 0 Å². The van der Waals surface area contributed by atoms with Gasteiger partial charge in [0.15, 0.2) is 9.84 Å². The van der Waals surface area contributed by atoms with E-state index in [-0.39, 0.29) is 11.8 Å². The van der Waals surface area contributed by atoms with Crippen LogP contribution >= 0.6 is 0 Å². The van der Waals surface area contributed by atoms with Gasteiger partial charge in [-0.25, -0.2) is 8.42 Å². The van der Waals surface area contributed by atoms with Gasteiger partial charge in [0.05, 0.1) is 11.5 Å². The molecule has 3 rings (SSSR count). The number of hydrogen-bond acceptors (Lipinski definition) is 4. The van der Waals surface area contributed by atoms with Crippen LogP contribution in [-0.4, -0.2) is 43.5 Å². The summed E-state index contributed by atoms with van der Waals surface area (Å²) in [6.07, 6.45) is 2.59. The number of hydrogen-bond donors (Lipinski definition) is 1. The van der Waals surface area contributed by atoms with E-state index in [9.17, 15) is 8.42 Å². The zero-order valence-corrected chi connectivity index (χ0v) is 13.4. The Hall–Kier alpha value is -0.910. The van der Waals surface area contributed by atoms with Crippen molar-refractivity contribution >= 4 is 9.84 Å². The normalized spacial score (nSPS) is 25.9. The summed E-state index contributed by atoms with van der Waals surface area (Å²) in [5.74, 6) is 0.579. The molecule has 1 aromatic rings. The van der Waals surface area contributed by atoms with Crippen molar-refractivity contribution in [3.8, 4) is 0 Å².